The fourth-order valence-electron chi connectivity index (χ4n) is 2.38. The van der Waals surface area contributed by atoms with Crippen LogP contribution < -0.4 is 14.4 Å². The topological polar surface area (TPSA) is 84.9 Å². The standard InChI is InChI=1S/C19H24N2O5S/c1-3-25-19(22)20-13-14-21(27(2,23)24)17-9-11-18(12-10-17)26-15-16-7-5-4-6-8-16/h4-12H,3,13-15H2,1-2H3,(H,20,22). The molecule has 0 heterocycles. The number of rotatable bonds is 9. The maximum absolute atomic E-state index is 12.1. The van der Waals surface area contributed by atoms with Gasteiger partial charge in [-0.2, -0.15) is 0 Å². The number of carbonyl (C=O) groups is 1. The van der Waals surface area contributed by atoms with Crippen molar-refractivity contribution in [1.29, 1.82) is 0 Å². The highest BCUT2D eigenvalue weighted by atomic mass is 32.2. The van der Waals surface area contributed by atoms with Crippen molar-refractivity contribution < 1.29 is 22.7 Å². The summed E-state index contributed by atoms with van der Waals surface area (Å²) in [5.74, 6) is 0.640. The zero-order chi connectivity index (χ0) is 19.7. The third-order valence-corrected chi connectivity index (χ3v) is 4.83. The van der Waals surface area contributed by atoms with Gasteiger partial charge in [0.05, 0.1) is 25.1 Å². The van der Waals surface area contributed by atoms with Crippen LogP contribution in [-0.2, 0) is 21.4 Å². The minimum absolute atomic E-state index is 0.0991. The van der Waals surface area contributed by atoms with E-state index in [-0.39, 0.29) is 19.7 Å². The molecule has 2 aromatic carbocycles. The van der Waals surface area contributed by atoms with Crippen molar-refractivity contribution in [2.24, 2.45) is 0 Å². The molecule has 0 aliphatic carbocycles. The van der Waals surface area contributed by atoms with Crippen LogP contribution in [0.2, 0.25) is 0 Å². The molecule has 146 valence electrons. The summed E-state index contributed by atoms with van der Waals surface area (Å²) in [6.45, 7) is 2.62. The summed E-state index contributed by atoms with van der Waals surface area (Å²) in [6.07, 6.45) is 0.549. The molecule has 7 nitrogen and oxygen atoms in total. The van der Waals surface area contributed by atoms with E-state index in [1.54, 1.807) is 31.2 Å². The number of benzene rings is 2. The highest BCUT2D eigenvalue weighted by molar-refractivity contribution is 7.92. The van der Waals surface area contributed by atoms with Crippen LogP contribution in [0.15, 0.2) is 54.6 Å². The molecule has 0 bridgehead atoms. The van der Waals surface area contributed by atoms with E-state index < -0.39 is 16.1 Å². The first-order chi connectivity index (χ1) is 12.9. The summed E-state index contributed by atoms with van der Waals surface area (Å²) in [7, 11) is -3.50. The minimum Gasteiger partial charge on any atom is -0.489 e. The van der Waals surface area contributed by atoms with E-state index >= 15 is 0 Å². The van der Waals surface area contributed by atoms with E-state index in [0.717, 1.165) is 11.8 Å². The highest BCUT2D eigenvalue weighted by Gasteiger charge is 2.17. The van der Waals surface area contributed by atoms with Gasteiger partial charge in [0.25, 0.3) is 0 Å². The zero-order valence-corrected chi connectivity index (χ0v) is 16.2. The first-order valence-electron chi connectivity index (χ1n) is 8.55. The molecule has 0 atom stereocenters. The average molecular weight is 392 g/mol. The molecule has 1 amide bonds. The van der Waals surface area contributed by atoms with Gasteiger partial charge in [-0.15, -0.1) is 0 Å². The molecular weight excluding hydrogens is 368 g/mol. The normalized spacial score (nSPS) is 10.9. The van der Waals surface area contributed by atoms with Crippen LogP contribution in [0.5, 0.6) is 5.75 Å². The molecule has 0 radical (unpaired) electrons. The smallest absolute Gasteiger partial charge is 0.407 e. The van der Waals surface area contributed by atoms with Crippen molar-refractivity contribution in [1.82, 2.24) is 5.32 Å². The Morgan fingerprint density at radius 1 is 1.07 bits per heavy atom. The Morgan fingerprint density at radius 2 is 1.74 bits per heavy atom. The Balaban J connectivity index is 1.98. The second kappa shape index (κ2) is 9.82. The molecule has 0 unspecified atom stereocenters. The predicted octanol–water partition coefficient (Wildman–Crippen LogP) is 2.78. The maximum Gasteiger partial charge on any atom is 0.407 e. The summed E-state index contributed by atoms with van der Waals surface area (Å²) >= 11 is 0. The van der Waals surface area contributed by atoms with Gasteiger partial charge in [-0.1, -0.05) is 30.3 Å². The monoisotopic (exact) mass is 392 g/mol. The van der Waals surface area contributed by atoms with Gasteiger partial charge in [0.2, 0.25) is 10.0 Å². The number of nitrogens with zero attached hydrogens (tertiary/aromatic N) is 1. The predicted molar refractivity (Wildman–Crippen MR) is 104 cm³/mol. The quantitative estimate of drug-likeness (QED) is 0.709. The molecule has 27 heavy (non-hydrogen) atoms. The van der Waals surface area contributed by atoms with E-state index in [4.69, 9.17) is 9.47 Å². The molecule has 0 spiro atoms. The van der Waals surface area contributed by atoms with E-state index in [0.29, 0.717) is 18.0 Å². The van der Waals surface area contributed by atoms with Crippen LogP contribution in [0.25, 0.3) is 0 Å². The van der Waals surface area contributed by atoms with Crippen molar-refractivity contribution in [3.63, 3.8) is 0 Å². The van der Waals surface area contributed by atoms with Gasteiger partial charge in [-0.25, -0.2) is 13.2 Å². The molecule has 1 N–H and O–H groups in total. The van der Waals surface area contributed by atoms with E-state index in [1.165, 1.54) is 4.31 Å². The molecule has 0 aliphatic heterocycles. The summed E-state index contributed by atoms with van der Waals surface area (Å²) in [5, 5.41) is 2.51. The molecule has 0 aromatic heterocycles. The van der Waals surface area contributed by atoms with Crippen LogP contribution in [0.1, 0.15) is 12.5 Å². The largest absolute Gasteiger partial charge is 0.489 e. The van der Waals surface area contributed by atoms with Crippen molar-refractivity contribution >= 4 is 21.8 Å². The Hall–Kier alpha value is -2.74. The SMILES string of the molecule is CCOC(=O)NCCN(c1ccc(OCc2ccccc2)cc1)S(C)(=O)=O. The van der Waals surface area contributed by atoms with Gasteiger partial charge in [0.15, 0.2) is 0 Å². The lowest BCUT2D eigenvalue weighted by atomic mass is 10.2. The van der Waals surface area contributed by atoms with Crippen LogP contribution in [0.4, 0.5) is 10.5 Å². The Bertz CT molecular complexity index is 823. The van der Waals surface area contributed by atoms with Crippen LogP contribution in [-0.4, -0.2) is 40.5 Å². The number of hydrogen-bond donors (Lipinski definition) is 1. The summed E-state index contributed by atoms with van der Waals surface area (Å²) < 4.78 is 35.9. The Kier molecular flexibility index (Phi) is 7.48. The number of carbonyl (C=O) groups excluding carboxylic acids is 1. The van der Waals surface area contributed by atoms with Gasteiger partial charge in [0, 0.05) is 6.54 Å². The number of amides is 1. The first-order valence-corrected chi connectivity index (χ1v) is 10.4. The van der Waals surface area contributed by atoms with Crippen LogP contribution in [0, 0.1) is 0 Å². The number of alkyl carbamates (subject to hydrolysis) is 1. The summed E-state index contributed by atoms with van der Waals surface area (Å²) in [5.41, 5.74) is 1.54. The third-order valence-electron chi connectivity index (χ3n) is 3.63. The van der Waals surface area contributed by atoms with Crippen molar-refractivity contribution in [2.45, 2.75) is 13.5 Å². The van der Waals surface area contributed by atoms with Crippen molar-refractivity contribution in [3.05, 3.63) is 60.2 Å². The zero-order valence-electron chi connectivity index (χ0n) is 15.4. The van der Waals surface area contributed by atoms with Gasteiger partial charge >= 0.3 is 6.09 Å². The van der Waals surface area contributed by atoms with Gasteiger partial charge in [-0.05, 0) is 36.8 Å². The Labute approximate surface area is 160 Å². The molecule has 2 rings (SSSR count). The van der Waals surface area contributed by atoms with E-state index in [1.807, 2.05) is 30.3 Å². The molecule has 0 saturated carbocycles. The molecule has 0 fully saturated rings. The van der Waals surface area contributed by atoms with Gasteiger partial charge in [-0.3, -0.25) is 4.31 Å². The molecule has 0 aliphatic rings. The number of hydrogen-bond acceptors (Lipinski definition) is 5. The second-order valence-electron chi connectivity index (χ2n) is 5.75. The van der Waals surface area contributed by atoms with Crippen molar-refractivity contribution in [2.75, 3.05) is 30.3 Å². The summed E-state index contributed by atoms with van der Waals surface area (Å²) in [4.78, 5) is 11.3. The lowest BCUT2D eigenvalue weighted by Gasteiger charge is -2.22. The number of sulfonamides is 1. The fraction of sp³-hybridized carbons (Fsp3) is 0.316. The molecule has 8 heteroatoms. The third kappa shape index (κ3) is 6.82. The average Bonchev–Trinajstić information content (AvgIpc) is 2.64. The summed E-state index contributed by atoms with van der Waals surface area (Å²) in [6, 6.07) is 16.5. The molecule has 2 aromatic rings. The van der Waals surface area contributed by atoms with Gasteiger partial charge in [0.1, 0.15) is 12.4 Å². The number of nitrogens with one attached hydrogen (secondary N) is 1. The molecular formula is C19H24N2O5S. The first kappa shape index (κ1) is 20.6. The van der Waals surface area contributed by atoms with E-state index in [9.17, 15) is 13.2 Å². The fourth-order valence-corrected chi connectivity index (χ4v) is 3.31. The number of anilines is 1. The lowest BCUT2D eigenvalue weighted by molar-refractivity contribution is 0.152. The molecule has 0 saturated heterocycles. The van der Waals surface area contributed by atoms with Crippen LogP contribution in [0.3, 0.4) is 0 Å². The highest BCUT2D eigenvalue weighted by Crippen LogP contribution is 2.22. The minimum atomic E-state index is -3.50. The van der Waals surface area contributed by atoms with Gasteiger partial charge < -0.3 is 14.8 Å². The van der Waals surface area contributed by atoms with Crippen LogP contribution >= 0.6 is 0 Å². The Morgan fingerprint density at radius 3 is 2.33 bits per heavy atom. The lowest BCUT2D eigenvalue weighted by Crippen LogP contribution is -2.38. The van der Waals surface area contributed by atoms with Crippen molar-refractivity contribution in [3.8, 4) is 5.75 Å². The second-order valence-corrected chi connectivity index (χ2v) is 7.66. The van der Waals surface area contributed by atoms with E-state index in [2.05, 4.69) is 5.32 Å². The number of ether oxygens (including phenoxy) is 2. The maximum atomic E-state index is 12.1.